The topological polar surface area (TPSA) is 75.4 Å². The van der Waals surface area contributed by atoms with Crippen molar-refractivity contribution in [1.82, 2.24) is 4.90 Å². The van der Waals surface area contributed by atoms with E-state index in [2.05, 4.69) is 5.32 Å². The molecule has 5 nitrogen and oxygen atoms in total. The molecule has 17 heavy (non-hydrogen) atoms. The van der Waals surface area contributed by atoms with Crippen molar-refractivity contribution in [1.29, 1.82) is 0 Å². The number of urea groups is 1. The summed E-state index contributed by atoms with van der Waals surface area (Å²) >= 11 is 0. The number of anilines is 1. The first kappa shape index (κ1) is 13.0. The number of nitrogens with one attached hydrogen (secondary N) is 1. The molecular formula is C11H14FN3O2. The molecule has 0 aliphatic rings. The molecule has 0 bridgehead atoms. The van der Waals surface area contributed by atoms with Gasteiger partial charge in [-0.1, -0.05) is 6.07 Å². The van der Waals surface area contributed by atoms with Crippen LogP contribution in [0.5, 0.6) is 0 Å². The third-order valence-corrected chi connectivity index (χ3v) is 2.16. The van der Waals surface area contributed by atoms with E-state index in [1.165, 1.54) is 19.2 Å². The average molecular weight is 239 g/mol. The number of nitrogens with two attached hydrogens (primary N) is 1. The normalized spacial score (nSPS) is 9.82. The first-order valence-electron chi connectivity index (χ1n) is 4.96. The van der Waals surface area contributed by atoms with E-state index in [0.717, 1.165) is 10.5 Å². The highest BCUT2D eigenvalue weighted by Crippen LogP contribution is 2.14. The van der Waals surface area contributed by atoms with Crippen molar-refractivity contribution in [3.05, 3.63) is 29.6 Å². The summed E-state index contributed by atoms with van der Waals surface area (Å²) in [5, 5.41) is 2.36. The van der Waals surface area contributed by atoms with Crippen LogP contribution in [0, 0.1) is 12.7 Å². The van der Waals surface area contributed by atoms with Gasteiger partial charge in [0, 0.05) is 7.05 Å². The van der Waals surface area contributed by atoms with Crippen LogP contribution in [0.4, 0.5) is 14.9 Å². The van der Waals surface area contributed by atoms with Gasteiger partial charge in [0.15, 0.2) is 0 Å². The third kappa shape index (κ3) is 3.75. The van der Waals surface area contributed by atoms with Gasteiger partial charge in [-0.3, -0.25) is 4.79 Å². The lowest BCUT2D eigenvalue weighted by Crippen LogP contribution is -2.38. The number of hydrogen-bond donors (Lipinski definition) is 2. The largest absolute Gasteiger partial charge is 0.351 e. The molecule has 0 unspecified atom stereocenters. The number of aryl methyl sites for hydroxylation is 1. The van der Waals surface area contributed by atoms with Crippen LogP contribution < -0.4 is 11.1 Å². The Kier molecular flexibility index (Phi) is 4.03. The summed E-state index contributed by atoms with van der Waals surface area (Å²) in [4.78, 5) is 23.2. The number of benzene rings is 1. The molecule has 0 heterocycles. The molecule has 0 aliphatic heterocycles. The molecule has 92 valence electrons. The Morgan fingerprint density at radius 2 is 2.12 bits per heavy atom. The summed E-state index contributed by atoms with van der Waals surface area (Å²) in [5.41, 5.74) is 5.80. The maximum atomic E-state index is 13.4. The lowest BCUT2D eigenvalue weighted by Gasteiger charge is -2.14. The second-order valence-corrected chi connectivity index (χ2v) is 3.73. The number of amides is 3. The monoisotopic (exact) mass is 239 g/mol. The summed E-state index contributed by atoms with van der Waals surface area (Å²) in [7, 11) is 1.38. The van der Waals surface area contributed by atoms with Crippen LogP contribution in [0.3, 0.4) is 0 Å². The molecule has 0 atom stereocenters. The first-order valence-corrected chi connectivity index (χ1v) is 4.96. The van der Waals surface area contributed by atoms with Crippen LogP contribution >= 0.6 is 0 Å². The minimum Gasteiger partial charge on any atom is -0.351 e. The predicted octanol–water partition coefficient (Wildman–Crippen LogP) is 1.08. The van der Waals surface area contributed by atoms with Crippen molar-refractivity contribution in [2.75, 3.05) is 18.9 Å². The van der Waals surface area contributed by atoms with Gasteiger partial charge in [0.25, 0.3) is 0 Å². The molecule has 0 saturated carbocycles. The number of carbonyl (C=O) groups excluding carboxylic acids is 2. The summed E-state index contributed by atoms with van der Waals surface area (Å²) in [6.07, 6.45) is 0. The van der Waals surface area contributed by atoms with E-state index in [-0.39, 0.29) is 12.2 Å². The van der Waals surface area contributed by atoms with E-state index in [0.29, 0.717) is 0 Å². The molecule has 0 saturated heterocycles. The fourth-order valence-electron chi connectivity index (χ4n) is 1.20. The lowest BCUT2D eigenvalue weighted by molar-refractivity contribution is -0.116. The highest BCUT2D eigenvalue weighted by molar-refractivity contribution is 5.94. The van der Waals surface area contributed by atoms with Gasteiger partial charge in [0.1, 0.15) is 12.4 Å². The maximum absolute atomic E-state index is 13.4. The van der Waals surface area contributed by atoms with Crippen LogP contribution in [0.15, 0.2) is 18.2 Å². The number of rotatable bonds is 3. The molecule has 6 heteroatoms. The van der Waals surface area contributed by atoms with Gasteiger partial charge >= 0.3 is 6.03 Å². The highest BCUT2D eigenvalue weighted by atomic mass is 19.1. The Bertz CT molecular complexity index is 448. The molecule has 0 spiro atoms. The van der Waals surface area contributed by atoms with E-state index in [9.17, 15) is 14.0 Å². The van der Waals surface area contributed by atoms with Gasteiger partial charge < -0.3 is 16.0 Å². The highest BCUT2D eigenvalue weighted by Gasteiger charge is 2.11. The predicted molar refractivity (Wildman–Crippen MR) is 62.0 cm³/mol. The van der Waals surface area contributed by atoms with Gasteiger partial charge in [0.2, 0.25) is 5.91 Å². The third-order valence-electron chi connectivity index (χ3n) is 2.16. The van der Waals surface area contributed by atoms with Crippen LogP contribution in [0.2, 0.25) is 0 Å². The number of likely N-dealkylation sites (N-methyl/N-ethyl adjacent to an activating group) is 1. The van der Waals surface area contributed by atoms with Crippen LogP contribution in [-0.2, 0) is 4.79 Å². The van der Waals surface area contributed by atoms with E-state index >= 15 is 0 Å². The molecule has 1 aromatic rings. The van der Waals surface area contributed by atoms with Crippen molar-refractivity contribution in [3.8, 4) is 0 Å². The van der Waals surface area contributed by atoms with Crippen molar-refractivity contribution in [2.24, 2.45) is 5.73 Å². The quantitative estimate of drug-likeness (QED) is 0.828. The van der Waals surface area contributed by atoms with E-state index in [1.807, 2.05) is 0 Å². The summed E-state index contributed by atoms with van der Waals surface area (Å²) < 4.78 is 13.4. The van der Waals surface area contributed by atoms with Gasteiger partial charge in [-0.15, -0.1) is 0 Å². The molecule has 3 amide bonds. The molecule has 0 aliphatic carbocycles. The van der Waals surface area contributed by atoms with E-state index in [4.69, 9.17) is 5.73 Å². The Labute approximate surface area is 98.4 Å². The Morgan fingerprint density at radius 1 is 1.47 bits per heavy atom. The molecule has 1 aromatic carbocycles. The molecule has 3 N–H and O–H groups in total. The minimum absolute atomic E-state index is 0.0819. The lowest BCUT2D eigenvalue weighted by atomic mass is 10.2. The molecule has 0 radical (unpaired) electrons. The number of nitrogens with zero attached hydrogens (tertiary/aromatic N) is 1. The molecule has 1 rings (SSSR count). The summed E-state index contributed by atoms with van der Waals surface area (Å²) in [6.45, 7) is 1.53. The van der Waals surface area contributed by atoms with E-state index < -0.39 is 17.8 Å². The standard InChI is InChI=1S/C11H14FN3O2/c1-7-3-4-9(8(12)5-7)14-10(16)6-15(2)11(13)17/h3-5H,6H2,1-2H3,(H2,13,17)(H,14,16). The minimum atomic E-state index is -0.718. The number of carbonyl (C=O) groups is 2. The molecule has 0 fully saturated rings. The zero-order valence-electron chi connectivity index (χ0n) is 9.66. The fourth-order valence-corrected chi connectivity index (χ4v) is 1.20. The van der Waals surface area contributed by atoms with Crippen LogP contribution in [0.1, 0.15) is 5.56 Å². The first-order chi connectivity index (χ1) is 7.90. The maximum Gasteiger partial charge on any atom is 0.314 e. The average Bonchev–Trinajstić information content (AvgIpc) is 2.22. The Hall–Kier alpha value is -2.11. The van der Waals surface area contributed by atoms with Gasteiger partial charge in [-0.2, -0.15) is 0 Å². The van der Waals surface area contributed by atoms with Gasteiger partial charge in [-0.25, -0.2) is 9.18 Å². The zero-order valence-corrected chi connectivity index (χ0v) is 9.66. The van der Waals surface area contributed by atoms with Crippen molar-refractivity contribution in [3.63, 3.8) is 0 Å². The van der Waals surface area contributed by atoms with Crippen LogP contribution in [0.25, 0.3) is 0 Å². The number of hydrogen-bond acceptors (Lipinski definition) is 2. The van der Waals surface area contributed by atoms with Gasteiger partial charge in [0.05, 0.1) is 5.69 Å². The van der Waals surface area contributed by atoms with Crippen molar-refractivity contribution < 1.29 is 14.0 Å². The van der Waals surface area contributed by atoms with Crippen LogP contribution in [-0.4, -0.2) is 30.4 Å². The zero-order chi connectivity index (χ0) is 13.0. The second kappa shape index (κ2) is 5.29. The van der Waals surface area contributed by atoms with E-state index in [1.54, 1.807) is 13.0 Å². The van der Waals surface area contributed by atoms with Crippen molar-refractivity contribution >= 4 is 17.6 Å². The summed E-state index contributed by atoms with van der Waals surface area (Å²) in [6, 6.07) is 3.74. The van der Waals surface area contributed by atoms with Crippen molar-refractivity contribution in [2.45, 2.75) is 6.92 Å². The molecular weight excluding hydrogens is 225 g/mol. The second-order valence-electron chi connectivity index (χ2n) is 3.73. The number of primary amides is 1. The Balaban J connectivity index is 2.65. The smallest absolute Gasteiger partial charge is 0.314 e. The van der Waals surface area contributed by atoms with Gasteiger partial charge in [-0.05, 0) is 24.6 Å². The summed E-state index contributed by atoms with van der Waals surface area (Å²) in [5.74, 6) is -1.02. The number of halogens is 1. The Morgan fingerprint density at radius 3 is 2.65 bits per heavy atom. The molecule has 0 aromatic heterocycles. The fraction of sp³-hybridized carbons (Fsp3) is 0.273. The SMILES string of the molecule is Cc1ccc(NC(=O)CN(C)C(N)=O)c(F)c1.